The van der Waals surface area contributed by atoms with Crippen LogP contribution < -0.4 is 5.32 Å². The van der Waals surface area contributed by atoms with Crippen LogP contribution in [0.3, 0.4) is 0 Å². The van der Waals surface area contributed by atoms with Crippen molar-refractivity contribution in [3.8, 4) is 12.3 Å². The van der Waals surface area contributed by atoms with Gasteiger partial charge in [-0.1, -0.05) is 30.3 Å². The zero-order valence-electron chi connectivity index (χ0n) is 10.4. The lowest BCUT2D eigenvalue weighted by molar-refractivity contribution is 0.560. The number of halogens is 1. The van der Waals surface area contributed by atoms with Crippen LogP contribution >= 0.6 is 0 Å². The van der Waals surface area contributed by atoms with Crippen molar-refractivity contribution < 1.29 is 4.39 Å². The van der Waals surface area contributed by atoms with Crippen LogP contribution in [0.4, 0.5) is 4.39 Å². The first-order valence-corrected chi connectivity index (χ1v) is 6.05. The van der Waals surface area contributed by atoms with E-state index in [-0.39, 0.29) is 11.9 Å². The fourth-order valence-corrected chi connectivity index (χ4v) is 2.27. The normalized spacial score (nSPS) is 12.3. The van der Waals surface area contributed by atoms with Crippen molar-refractivity contribution in [3.05, 3.63) is 47.8 Å². The molecule has 2 heteroatoms. The maximum Gasteiger partial charge on any atom is 0.131 e. The molecular formula is C16H16FN. The highest BCUT2D eigenvalue weighted by Gasteiger charge is 2.13. The van der Waals surface area contributed by atoms with E-state index in [4.69, 9.17) is 6.42 Å². The quantitative estimate of drug-likeness (QED) is 0.806. The molecule has 0 fully saturated rings. The van der Waals surface area contributed by atoms with Crippen LogP contribution in [-0.2, 0) is 0 Å². The van der Waals surface area contributed by atoms with E-state index in [0.29, 0.717) is 11.8 Å². The molecular weight excluding hydrogens is 225 g/mol. The highest BCUT2D eigenvalue weighted by molar-refractivity contribution is 5.86. The summed E-state index contributed by atoms with van der Waals surface area (Å²) in [5, 5.41) is 4.86. The number of benzene rings is 2. The molecule has 0 spiro atoms. The monoisotopic (exact) mass is 241 g/mol. The third kappa shape index (κ3) is 2.37. The van der Waals surface area contributed by atoms with Gasteiger partial charge in [0.05, 0.1) is 0 Å². The largest absolute Gasteiger partial charge is 0.313 e. The topological polar surface area (TPSA) is 12.0 Å². The molecule has 0 amide bonds. The van der Waals surface area contributed by atoms with Gasteiger partial charge in [0.1, 0.15) is 5.82 Å². The molecule has 1 N–H and O–H groups in total. The van der Waals surface area contributed by atoms with Crippen LogP contribution in [-0.4, -0.2) is 7.05 Å². The minimum atomic E-state index is -0.179. The molecule has 0 bridgehead atoms. The molecule has 0 radical (unpaired) electrons. The van der Waals surface area contributed by atoms with Crippen molar-refractivity contribution in [1.29, 1.82) is 0 Å². The maximum absolute atomic E-state index is 13.7. The number of fused-ring (bicyclic) bond motifs is 1. The van der Waals surface area contributed by atoms with Crippen LogP contribution in [0.1, 0.15) is 24.4 Å². The van der Waals surface area contributed by atoms with E-state index in [1.165, 1.54) is 6.07 Å². The number of nitrogens with one attached hydrogen (secondary N) is 1. The molecule has 0 saturated heterocycles. The number of rotatable bonds is 4. The van der Waals surface area contributed by atoms with E-state index >= 15 is 0 Å². The first-order chi connectivity index (χ1) is 8.77. The van der Waals surface area contributed by atoms with E-state index in [1.54, 1.807) is 0 Å². The van der Waals surface area contributed by atoms with Crippen LogP contribution in [0.2, 0.25) is 0 Å². The highest BCUT2D eigenvalue weighted by atomic mass is 19.1. The van der Waals surface area contributed by atoms with Crippen molar-refractivity contribution >= 4 is 10.8 Å². The molecule has 0 aliphatic carbocycles. The second-order valence-corrected chi connectivity index (χ2v) is 4.27. The van der Waals surface area contributed by atoms with Gasteiger partial charge in [0, 0.05) is 17.8 Å². The molecule has 0 saturated carbocycles. The molecule has 1 atom stereocenters. The summed E-state index contributed by atoms with van der Waals surface area (Å²) in [4.78, 5) is 0. The molecule has 1 nitrogen and oxygen atoms in total. The van der Waals surface area contributed by atoms with E-state index in [9.17, 15) is 4.39 Å². The molecule has 2 aromatic rings. The summed E-state index contributed by atoms with van der Waals surface area (Å²) in [5.74, 6) is 2.47. The Kier molecular flexibility index (Phi) is 3.96. The predicted molar refractivity (Wildman–Crippen MR) is 73.8 cm³/mol. The minimum Gasteiger partial charge on any atom is -0.313 e. The van der Waals surface area contributed by atoms with Gasteiger partial charge in [-0.15, -0.1) is 12.3 Å². The lowest BCUT2D eigenvalue weighted by Crippen LogP contribution is -2.16. The summed E-state index contributed by atoms with van der Waals surface area (Å²) in [5.41, 5.74) is 1.10. The summed E-state index contributed by atoms with van der Waals surface area (Å²) >= 11 is 0. The molecule has 0 aromatic heterocycles. The molecule has 0 aliphatic heterocycles. The minimum absolute atomic E-state index is 0.159. The van der Waals surface area contributed by atoms with Crippen molar-refractivity contribution in [2.45, 2.75) is 18.9 Å². The second-order valence-electron chi connectivity index (χ2n) is 4.27. The van der Waals surface area contributed by atoms with Crippen LogP contribution in [0.5, 0.6) is 0 Å². The van der Waals surface area contributed by atoms with Crippen molar-refractivity contribution in [2.75, 3.05) is 7.05 Å². The predicted octanol–water partition coefficient (Wildman–Crippen LogP) is 3.65. The molecule has 2 rings (SSSR count). The summed E-state index contributed by atoms with van der Waals surface area (Å²) in [6.07, 6.45) is 6.86. The average molecular weight is 241 g/mol. The number of terminal acetylenes is 1. The zero-order valence-corrected chi connectivity index (χ0v) is 10.4. The van der Waals surface area contributed by atoms with Gasteiger partial charge in [-0.05, 0) is 30.5 Å². The van der Waals surface area contributed by atoms with Gasteiger partial charge in [0.25, 0.3) is 0 Å². The molecule has 0 aliphatic rings. The van der Waals surface area contributed by atoms with Gasteiger partial charge >= 0.3 is 0 Å². The van der Waals surface area contributed by atoms with E-state index in [1.807, 2.05) is 37.4 Å². The Morgan fingerprint density at radius 3 is 2.61 bits per heavy atom. The maximum atomic E-state index is 13.7. The number of hydrogen-bond donors (Lipinski definition) is 1. The zero-order chi connectivity index (χ0) is 13.0. The third-order valence-corrected chi connectivity index (χ3v) is 3.21. The van der Waals surface area contributed by atoms with Gasteiger partial charge < -0.3 is 5.32 Å². The van der Waals surface area contributed by atoms with Crippen molar-refractivity contribution in [1.82, 2.24) is 5.32 Å². The van der Waals surface area contributed by atoms with E-state index in [2.05, 4.69) is 11.2 Å². The highest BCUT2D eigenvalue weighted by Crippen LogP contribution is 2.28. The van der Waals surface area contributed by atoms with E-state index in [0.717, 1.165) is 17.4 Å². The second kappa shape index (κ2) is 5.66. The van der Waals surface area contributed by atoms with Gasteiger partial charge in [-0.25, -0.2) is 4.39 Å². The Morgan fingerprint density at radius 1 is 1.22 bits per heavy atom. The Labute approximate surface area is 107 Å². The Bertz CT molecular complexity index is 583. The fraction of sp³-hybridized carbons (Fsp3) is 0.250. The van der Waals surface area contributed by atoms with Crippen molar-refractivity contribution in [2.24, 2.45) is 0 Å². The smallest absolute Gasteiger partial charge is 0.131 e. The van der Waals surface area contributed by atoms with Gasteiger partial charge in [-0.3, -0.25) is 0 Å². The van der Waals surface area contributed by atoms with Crippen LogP contribution in [0, 0.1) is 18.2 Å². The van der Waals surface area contributed by atoms with E-state index < -0.39 is 0 Å². The Morgan fingerprint density at radius 2 is 1.94 bits per heavy atom. The van der Waals surface area contributed by atoms with Crippen molar-refractivity contribution in [3.63, 3.8) is 0 Å². The SMILES string of the molecule is C#CCCC(NC)c1ccc(F)c2ccccc12. The molecule has 92 valence electrons. The molecule has 1 unspecified atom stereocenters. The van der Waals surface area contributed by atoms with Gasteiger partial charge in [0.2, 0.25) is 0 Å². The number of hydrogen-bond acceptors (Lipinski definition) is 1. The lowest BCUT2D eigenvalue weighted by Gasteiger charge is -2.18. The van der Waals surface area contributed by atoms with Gasteiger partial charge in [-0.2, -0.15) is 0 Å². The molecule has 2 aromatic carbocycles. The third-order valence-electron chi connectivity index (χ3n) is 3.21. The Balaban J connectivity index is 2.50. The van der Waals surface area contributed by atoms with Crippen LogP contribution in [0.15, 0.2) is 36.4 Å². The van der Waals surface area contributed by atoms with Gasteiger partial charge in [0.15, 0.2) is 0 Å². The average Bonchev–Trinajstić information content (AvgIpc) is 2.42. The fourth-order valence-electron chi connectivity index (χ4n) is 2.27. The van der Waals surface area contributed by atoms with Crippen LogP contribution in [0.25, 0.3) is 10.8 Å². The molecule has 0 heterocycles. The lowest BCUT2D eigenvalue weighted by atomic mass is 9.95. The Hall–Kier alpha value is -1.85. The standard InChI is InChI=1S/C16H16FN/c1-3-4-9-16(18-2)14-10-11-15(17)13-8-6-5-7-12(13)14/h1,5-8,10-11,16,18H,4,9H2,2H3. The summed E-state index contributed by atoms with van der Waals surface area (Å²) < 4.78 is 13.7. The summed E-state index contributed by atoms with van der Waals surface area (Å²) in [7, 11) is 1.90. The summed E-state index contributed by atoms with van der Waals surface area (Å²) in [6.45, 7) is 0. The first kappa shape index (κ1) is 12.6. The molecule has 18 heavy (non-hydrogen) atoms. The first-order valence-electron chi connectivity index (χ1n) is 6.05. The summed E-state index contributed by atoms with van der Waals surface area (Å²) in [6, 6.07) is 11.1.